The van der Waals surface area contributed by atoms with Crippen molar-refractivity contribution in [3.05, 3.63) is 48.0 Å². The zero-order valence-electron chi connectivity index (χ0n) is 18.4. The van der Waals surface area contributed by atoms with Gasteiger partial charge < -0.3 is 9.47 Å². The number of halogens is 1. The molecule has 1 aromatic heterocycles. The highest BCUT2D eigenvalue weighted by Crippen LogP contribution is 2.31. The van der Waals surface area contributed by atoms with Crippen LogP contribution >= 0.6 is 23.7 Å². The molecule has 0 atom stereocenters. The Morgan fingerprint density at radius 1 is 1.21 bits per heavy atom. The second-order valence-corrected chi connectivity index (χ2v) is 10.6. The highest BCUT2D eigenvalue weighted by Gasteiger charge is 2.23. The third-order valence-electron chi connectivity index (χ3n) is 5.31. The Bertz CT molecular complexity index is 1230. The van der Waals surface area contributed by atoms with E-state index in [-0.39, 0.29) is 23.2 Å². The van der Waals surface area contributed by atoms with Gasteiger partial charge in [-0.3, -0.25) is 14.6 Å². The highest BCUT2D eigenvalue weighted by atomic mass is 35.5. The lowest BCUT2D eigenvalue weighted by atomic mass is 10.2. The van der Waals surface area contributed by atoms with Crippen LogP contribution in [0.1, 0.15) is 10.4 Å². The maximum Gasteiger partial charge on any atom is 0.260 e. The number of nitrogens with zero attached hydrogens (tertiary/aromatic N) is 3. The van der Waals surface area contributed by atoms with Crippen LogP contribution in [0.4, 0.5) is 5.13 Å². The number of amides is 1. The maximum atomic E-state index is 13.5. The Labute approximate surface area is 203 Å². The Balaban J connectivity index is 0.00000306. The SMILES string of the molecule is COc1cccc(C(=O)N(CCN2CCOCC2)c2nc3ccc(S(C)(=O)=O)cc3s2)c1.Cl. The van der Waals surface area contributed by atoms with E-state index in [2.05, 4.69) is 9.88 Å². The summed E-state index contributed by atoms with van der Waals surface area (Å²) < 4.78 is 35.3. The monoisotopic (exact) mass is 511 g/mol. The fourth-order valence-corrected chi connectivity index (χ4v) is 5.25. The number of hydrogen-bond acceptors (Lipinski definition) is 8. The number of rotatable bonds is 7. The Morgan fingerprint density at radius 2 is 1.97 bits per heavy atom. The number of carbonyl (C=O) groups excluding carboxylic acids is 1. The molecule has 0 unspecified atom stereocenters. The molecule has 0 bridgehead atoms. The minimum absolute atomic E-state index is 0. The van der Waals surface area contributed by atoms with Gasteiger partial charge in [0.1, 0.15) is 5.75 Å². The lowest BCUT2D eigenvalue weighted by Crippen LogP contribution is -2.43. The quantitative estimate of drug-likeness (QED) is 0.481. The molecule has 1 fully saturated rings. The van der Waals surface area contributed by atoms with E-state index in [9.17, 15) is 13.2 Å². The van der Waals surface area contributed by atoms with Crippen LogP contribution in [0, 0.1) is 0 Å². The van der Waals surface area contributed by atoms with Gasteiger partial charge in [-0.2, -0.15) is 0 Å². The van der Waals surface area contributed by atoms with Crippen LogP contribution < -0.4 is 9.64 Å². The molecule has 0 spiro atoms. The predicted octanol–water partition coefficient (Wildman–Crippen LogP) is 3.11. The van der Waals surface area contributed by atoms with E-state index < -0.39 is 9.84 Å². The van der Waals surface area contributed by atoms with Gasteiger partial charge in [0.25, 0.3) is 5.91 Å². The minimum Gasteiger partial charge on any atom is -0.497 e. The molecular weight excluding hydrogens is 486 g/mol. The van der Waals surface area contributed by atoms with E-state index >= 15 is 0 Å². The topological polar surface area (TPSA) is 89.0 Å². The molecule has 4 rings (SSSR count). The molecule has 2 aromatic carbocycles. The van der Waals surface area contributed by atoms with Gasteiger partial charge in [-0.1, -0.05) is 17.4 Å². The summed E-state index contributed by atoms with van der Waals surface area (Å²) in [5.41, 5.74) is 1.16. The second-order valence-electron chi connectivity index (χ2n) is 7.54. The number of ether oxygens (including phenoxy) is 2. The van der Waals surface area contributed by atoms with Crippen LogP contribution in [-0.4, -0.2) is 77.0 Å². The molecule has 1 saturated heterocycles. The Kier molecular flexibility index (Phi) is 8.30. The highest BCUT2D eigenvalue weighted by molar-refractivity contribution is 7.90. The van der Waals surface area contributed by atoms with Gasteiger partial charge >= 0.3 is 0 Å². The van der Waals surface area contributed by atoms with Crippen LogP contribution in [0.2, 0.25) is 0 Å². The normalized spacial score (nSPS) is 14.6. The Hall–Kier alpha value is -2.24. The third kappa shape index (κ3) is 6.01. The van der Waals surface area contributed by atoms with Crippen LogP contribution in [0.15, 0.2) is 47.4 Å². The predicted molar refractivity (Wildman–Crippen MR) is 132 cm³/mol. The second kappa shape index (κ2) is 10.8. The molecule has 1 aliphatic rings. The first-order chi connectivity index (χ1) is 15.3. The van der Waals surface area contributed by atoms with E-state index in [0.717, 1.165) is 17.8 Å². The molecule has 33 heavy (non-hydrogen) atoms. The molecular formula is C22H26ClN3O5S2. The van der Waals surface area contributed by atoms with Gasteiger partial charge in [0.15, 0.2) is 15.0 Å². The molecule has 0 N–H and O–H groups in total. The lowest BCUT2D eigenvalue weighted by Gasteiger charge is -2.29. The molecule has 0 radical (unpaired) electrons. The zero-order valence-corrected chi connectivity index (χ0v) is 20.8. The van der Waals surface area contributed by atoms with E-state index in [1.54, 1.807) is 54.5 Å². The summed E-state index contributed by atoms with van der Waals surface area (Å²) in [6.07, 6.45) is 1.18. The molecule has 3 aromatic rings. The first-order valence-electron chi connectivity index (χ1n) is 10.2. The fourth-order valence-electron chi connectivity index (χ4n) is 3.50. The van der Waals surface area contributed by atoms with Gasteiger partial charge in [-0.25, -0.2) is 13.4 Å². The number of fused-ring (bicyclic) bond motifs is 1. The smallest absolute Gasteiger partial charge is 0.260 e. The van der Waals surface area contributed by atoms with Gasteiger partial charge in [-0.05, 0) is 36.4 Å². The number of benzene rings is 2. The van der Waals surface area contributed by atoms with E-state index in [4.69, 9.17) is 9.47 Å². The molecule has 178 valence electrons. The summed E-state index contributed by atoms with van der Waals surface area (Å²) in [6.45, 7) is 4.13. The number of anilines is 1. The van der Waals surface area contributed by atoms with Crippen molar-refractivity contribution >= 4 is 54.8 Å². The molecule has 11 heteroatoms. The zero-order chi connectivity index (χ0) is 22.7. The fraction of sp³-hybridized carbons (Fsp3) is 0.364. The van der Waals surface area contributed by atoms with Crippen molar-refractivity contribution in [2.24, 2.45) is 0 Å². The van der Waals surface area contributed by atoms with Crippen molar-refractivity contribution in [2.75, 3.05) is 57.7 Å². The Morgan fingerprint density at radius 3 is 2.67 bits per heavy atom. The van der Waals surface area contributed by atoms with Crippen molar-refractivity contribution in [1.29, 1.82) is 0 Å². The number of carbonyl (C=O) groups is 1. The minimum atomic E-state index is -3.33. The molecule has 2 heterocycles. The summed E-state index contributed by atoms with van der Waals surface area (Å²) in [7, 11) is -1.77. The molecule has 1 aliphatic heterocycles. The molecule has 0 aliphatic carbocycles. The van der Waals surface area contributed by atoms with E-state index in [1.165, 1.54) is 17.6 Å². The summed E-state index contributed by atoms with van der Waals surface area (Å²) in [6, 6.07) is 11.9. The number of aromatic nitrogens is 1. The number of hydrogen-bond donors (Lipinski definition) is 0. The lowest BCUT2D eigenvalue weighted by molar-refractivity contribution is 0.0391. The maximum absolute atomic E-state index is 13.5. The van der Waals surface area contributed by atoms with E-state index in [1.807, 2.05) is 0 Å². The third-order valence-corrected chi connectivity index (χ3v) is 7.46. The standard InChI is InChI=1S/C22H25N3O5S2.ClH/c1-29-17-5-3-4-16(14-17)21(26)25(9-8-24-10-12-30-13-11-24)22-23-19-7-6-18(32(2,27)28)15-20(19)31-22;/h3-7,14-15H,8-13H2,1-2H3;1H. The number of methoxy groups -OCH3 is 1. The van der Waals surface area contributed by atoms with Gasteiger partial charge in [0.05, 0.1) is 35.4 Å². The van der Waals surface area contributed by atoms with Gasteiger partial charge in [-0.15, -0.1) is 12.4 Å². The van der Waals surface area contributed by atoms with Crippen LogP contribution in [-0.2, 0) is 14.6 Å². The summed E-state index contributed by atoms with van der Waals surface area (Å²) in [5, 5.41) is 0.534. The number of thiazole rings is 1. The molecule has 8 nitrogen and oxygen atoms in total. The first-order valence-corrected chi connectivity index (χ1v) is 12.9. The average molecular weight is 512 g/mol. The van der Waals surface area contributed by atoms with Gasteiger partial charge in [0, 0.05) is 38.0 Å². The van der Waals surface area contributed by atoms with E-state index in [0.29, 0.717) is 48.3 Å². The summed E-state index contributed by atoms with van der Waals surface area (Å²) >= 11 is 1.31. The van der Waals surface area contributed by atoms with Crippen molar-refractivity contribution in [1.82, 2.24) is 9.88 Å². The van der Waals surface area contributed by atoms with Gasteiger partial charge in [0.2, 0.25) is 0 Å². The van der Waals surface area contributed by atoms with Crippen LogP contribution in [0.25, 0.3) is 10.2 Å². The number of morpholine rings is 1. The number of sulfone groups is 1. The molecule has 0 saturated carbocycles. The average Bonchev–Trinajstić information content (AvgIpc) is 3.22. The largest absolute Gasteiger partial charge is 0.497 e. The summed E-state index contributed by atoms with van der Waals surface area (Å²) in [4.78, 5) is 22.3. The van der Waals surface area contributed by atoms with Crippen molar-refractivity contribution in [2.45, 2.75) is 4.90 Å². The van der Waals surface area contributed by atoms with Crippen molar-refractivity contribution < 1.29 is 22.7 Å². The van der Waals surface area contributed by atoms with Crippen molar-refractivity contribution in [3.8, 4) is 5.75 Å². The first kappa shape index (κ1) is 25.4. The van der Waals surface area contributed by atoms with Crippen molar-refractivity contribution in [3.63, 3.8) is 0 Å². The van der Waals surface area contributed by atoms with Crippen LogP contribution in [0.5, 0.6) is 5.75 Å². The summed E-state index contributed by atoms with van der Waals surface area (Å²) in [5.74, 6) is 0.422. The molecule has 1 amide bonds. The van der Waals surface area contributed by atoms with Crippen LogP contribution in [0.3, 0.4) is 0 Å².